The van der Waals surface area contributed by atoms with E-state index in [0.29, 0.717) is 29.5 Å². The van der Waals surface area contributed by atoms with Gasteiger partial charge in [-0.15, -0.1) is 12.4 Å². The lowest BCUT2D eigenvalue weighted by molar-refractivity contribution is -0.117. The summed E-state index contributed by atoms with van der Waals surface area (Å²) in [7, 11) is 0. The summed E-state index contributed by atoms with van der Waals surface area (Å²) in [5, 5.41) is 6.22. The van der Waals surface area contributed by atoms with Crippen molar-refractivity contribution in [2.24, 2.45) is 17.6 Å². The number of anilines is 1. The van der Waals surface area contributed by atoms with Crippen LogP contribution in [-0.2, 0) is 4.79 Å². The van der Waals surface area contributed by atoms with Gasteiger partial charge in [0, 0.05) is 17.7 Å². The number of carbonyl (C=O) groups excluding carboxylic acids is 2. The van der Waals surface area contributed by atoms with Crippen LogP contribution in [-0.4, -0.2) is 24.9 Å². The molecule has 0 radical (unpaired) electrons. The Kier molecular flexibility index (Phi) is 7.35. The lowest BCUT2D eigenvalue weighted by Crippen LogP contribution is -2.34. The van der Waals surface area contributed by atoms with Crippen molar-refractivity contribution in [1.82, 2.24) is 5.32 Å². The minimum Gasteiger partial charge on any atom is -0.366 e. The summed E-state index contributed by atoms with van der Waals surface area (Å²) in [5.74, 6) is 0.390. The van der Waals surface area contributed by atoms with E-state index in [1.807, 2.05) is 0 Å². The molecule has 4 N–H and O–H groups in total. The second-order valence-electron chi connectivity index (χ2n) is 5.78. The molecule has 1 saturated heterocycles. The Hall–Kier alpha value is -1.59. The molecular weight excluding hydrogens is 302 g/mol. The van der Waals surface area contributed by atoms with Crippen molar-refractivity contribution in [2.45, 2.75) is 26.2 Å². The molecule has 1 aliphatic heterocycles. The molecule has 1 fully saturated rings. The largest absolute Gasteiger partial charge is 0.366 e. The highest BCUT2D eigenvalue weighted by Gasteiger charge is 2.22. The summed E-state index contributed by atoms with van der Waals surface area (Å²) in [5.41, 5.74) is 6.25. The number of amides is 2. The maximum Gasteiger partial charge on any atom is 0.248 e. The van der Waals surface area contributed by atoms with Gasteiger partial charge in [0.05, 0.1) is 0 Å². The molecule has 0 aromatic heterocycles. The third kappa shape index (κ3) is 5.31. The van der Waals surface area contributed by atoms with Crippen molar-refractivity contribution in [3.8, 4) is 0 Å². The predicted molar refractivity (Wildman–Crippen MR) is 90.2 cm³/mol. The summed E-state index contributed by atoms with van der Waals surface area (Å²) in [6.07, 6.45) is 2.85. The fourth-order valence-corrected chi connectivity index (χ4v) is 2.79. The lowest BCUT2D eigenvalue weighted by Gasteiger charge is -2.28. The molecule has 22 heavy (non-hydrogen) atoms. The molecule has 2 unspecified atom stereocenters. The number of primary amides is 1. The molecule has 1 aromatic carbocycles. The average molecular weight is 326 g/mol. The zero-order chi connectivity index (χ0) is 15.2. The van der Waals surface area contributed by atoms with E-state index >= 15 is 0 Å². The van der Waals surface area contributed by atoms with Gasteiger partial charge in [-0.25, -0.2) is 0 Å². The van der Waals surface area contributed by atoms with Gasteiger partial charge in [0.15, 0.2) is 0 Å². The van der Waals surface area contributed by atoms with Crippen molar-refractivity contribution >= 4 is 29.9 Å². The van der Waals surface area contributed by atoms with E-state index in [0.717, 1.165) is 13.1 Å². The Labute approximate surface area is 137 Å². The first-order chi connectivity index (χ1) is 10.1. The van der Waals surface area contributed by atoms with E-state index in [-0.39, 0.29) is 18.3 Å². The highest BCUT2D eigenvalue weighted by atomic mass is 35.5. The zero-order valence-corrected chi connectivity index (χ0v) is 13.6. The van der Waals surface area contributed by atoms with Crippen molar-refractivity contribution in [3.05, 3.63) is 29.8 Å². The number of nitrogens with one attached hydrogen (secondary N) is 2. The van der Waals surface area contributed by atoms with Crippen LogP contribution >= 0.6 is 12.4 Å². The SMILES string of the molecule is CC(CC(=O)Nc1cccc(C(N)=O)c1)C1CCCNC1.Cl. The second kappa shape index (κ2) is 8.76. The van der Waals surface area contributed by atoms with E-state index in [1.165, 1.54) is 12.8 Å². The Morgan fingerprint density at radius 2 is 2.23 bits per heavy atom. The van der Waals surface area contributed by atoms with Crippen molar-refractivity contribution in [2.75, 3.05) is 18.4 Å². The normalized spacial score (nSPS) is 18.9. The van der Waals surface area contributed by atoms with Crippen molar-refractivity contribution in [1.29, 1.82) is 0 Å². The molecule has 0 saturated carbocycles. The van der Waals surface area contributed by atoms with Crippen LogP contribution in [0.5, 0.6) is 0 Å². The molecule has 2 amide bonds. The number of carbonyl (C=O) groups is 2. The van der Waals surface area contributed by atoms with Crippen LogP contribution in [0.2, 0.25) is 0 Å². The van der Waals surface area contributed by atoms with Gasteiger partial charge in [-0.1, -0.05) is 13.0 Å². The Morgan fingerprint density at radius 3 is 2.86 bits per heavy atom. The maximum atomic E-state index is 12.1. The van der Waals surface area contributed by atoms with E-state index < -0.39 is 5.91 Å². The highest BCUT2D eigenvalue weighted by molar-refractivity contribution is 5.96. The number of hydrogen-bond donors (Lipinski definition) is 3. The molecule has 1 aromatic rings. The summed E-state index contributed by atoms with van der Waals surface area (Å²) in [4.78, 5) is 23.2. The molecule has 5 nitrogen and oxygen atoms in total. The fourth-order valence-electron chi connectivity index (χ4n) is 2.79. The number of rotatable bonds is 5. The lowest BCUT2D eigenvalue weighted by atomic mass is 9.85. The summed E-state index contributed by atoms with van der Waals surface area (Å²) < 4.78 is 0. The molecule has 2 rings (SSSR count). The molecule has 0 spiro atoms. The number of halogens is 1. The van der Waals surface area contributed by atoms with Crippen LogP contribution in [0, 0.1) is 11.8 Å². The minimum absolute atomic E-state index is 0. The van der Waals surface area contributed by atoms with Crippen molar-refractivity contribution in [3.63, 3.8) is 0 Å². The second-order valence-corrected chi connectivity index (χ2v) is 5.78. The first kappa shape index (κ1) is 18.5. The molecule has 0 aliphatic carbocycles. The smallest absolute Gasteiger partial charge is 0.248 e. The van der Waals surface area contributed by atoms with E-state index in [1.54, 1.807) is 24.3 Å². The van der Waals surface area contributed by atoms with Crippen molar-refractivity contribution < 1.29 is 9.59 Å². The quantitative estimate of drug-likeness (QED) is 0.775. The van der Waals surface area contributed by atoms with Crippen LogP contribution in [0.15, 0.2) is 24.3 Å². The van der Waals surface area contributed by atoms with E-state index in [9.17, 15) is 9.59 Å². The van der Waals surface area contributed by atoms with E-state index in [2.05, 4.69) is 17.6 Å². The van der Waals surface area contributed by atoms with Gasteiger partial charge in [-0.2, -0.15) is 0 Å². The van der Waals surface area contributed by atoms with Gasteiger partial charge >= 0.3 is 0 Å². The predicted octanol–water partition coefficient (Wildman–Crippen LogP) is 2.17. The zero-order valence-electron chi connectivity index (χ0n) is 12.8. The molecule has 0 bridgehead atoms. The third-order valence-corrected chi connectivity index (χ3v) is 4.08. The van der Waals surface area contributed by atoms with Gasteiger partial charge in [-0.3, -0.25) is 9.59 Å². The molecule has 2 atom stereocenters. The monoisotopic (exact) mass is 325 g/mol. The van der Waals surface area contributed by atoms with Gasteiger partial charge in [0.1, 0.15) is 0 Å². The summed E-state index contributed by atoms with van der Waals surface area (Å²) in [6.45, 7) is 4.19. The number of nitrogens with two attached hydrogens (primary N) is 1. The van der Waals surface area contributed by atoms with Crippen LogP contribution in [0.1, 0.15) is 36.5 Å². The van der Waals surface area contributed by atoms with Crippen LogP contribution in [0.25, 0.3) is 0 Å². The van der Waals surface area contributed by atoms with Crippen LogP contribution < -0.4 is 16.4 Å². The molecular formula is C16H24ClN3O2. The fraction of sp³-hybridized carbons (Fsp3) is 0.500. The number of piperidine rings is 1. The first-order valence-corrected chi connectivity index (χ1v) is 7.46. The molecule has 122 valence electrons. The first-order valence-electron chi connectivity index (χ1n) is 7.46. The van der Waals surface area contributed by atoms with Gasteiger partial charge < -0.3 is 16.4 Å². The van der Waals surface area contributed by atoms with E-state index in [4.69, 9.17) is 5.73 Å². The highest BCUT2D eigenvalue weighted by Crippen LogP contribution is 2.23. The number of benzene rings is 1. The van der Waals surface area contributed by atoms with Gasteiger partial charge in [0.25, 0.3) is 0 Å². The van der Waals surface area contributed by atoms with Crippen LogP contribution in [0.4, 0.5) is 5.69 Å². The third-order valence-electron chi connectivity index (χ3n) is 4.08. The molecule has 6 heteroatoms. The Balaban J connectivity index is 0.00000242. The van der Waals surface area contributed by atoms with Gasteiger partial charge in [0.2, 0.25) is 11.8 Å². The average Bonchev–Trinajstić information content (AvgIpc) is 2.48. The van der Waals surface area contributed by atoms with Gasteiger partial charge in [-0.05, 0) is 56.0 Å². The summed E-state index contributed by atoms with van der Waals surface area (Å²) in [6, 6.07) is 6.71. The number of hydrogen-bond acceptors (Lipinski definition) is 3. The summed E-state index contributed by atoms with van der Waals surface area (Å²) >= 11 is 0. The maximum absolute atomic E-state index is 12.1. The standard InChI is InChI=1S/C16H23N3O2.ClH/c1-11(13-5-3-7-18-10-13)8-15(20)19-14-6-2-4-12(9-14)16(17)21;/h2,4,6,9,11,13,18H,3,5,7-8,10H2,1H3,(H2,17,21)(H,19,20);1H. The minimum atomic E-state index is -0.493. The molecule has 1 aliphatic rings. The Morgan fingerprint density at radius 1 is 1.45 bits per heavy atom. The topological polar surface area (TPSA) is 84.2 Å². The van der Waals surface area contributed by atoms with Crippen LogP contribution in [0.3, 0.4) is 0 Å². The Bertz CT molecular complexity index is 516. The molecule has 1 heterocycles.